The molecule has 27 heavy (non-hydrogen) atoms. The highest BCUT2D eigenvalue weighted by Gasteiger charge is 2.35. The van der Waals surface area contributed by atoms with Crippen LogP contribution in [0.15, 0.2) is 42.5 Å². The third-order valence-electron chi connectivity index (χ3n) is 5.96. The van der Waals surface area contributed by atoms with Crippen LogP contribution in [0, 0.1) is 6.92 Å². The number of hydrogen-bond acceptors (Lipinski definition) is 2. The van der Waals surface area contributed by atoms with Gasteiger partial charge in [0.1, 0.15) is 0 Å². The summed E-state index contributed by atoms with van der Waals surface area (Å²) in [5, 5.41) is 1.37. The van der Waals surface area contributed by atoms with Crippen molar-refractivity contribution in [3.05, 3.63) is 69.2 Å². The average Bonchev–Trinajstić information content (AvgIpc) is 2.69. The van der Waals surface area contributed by atoms with Crippen molar-refractivity contribution in [1.29, 1.82) is 0 Å². The van der Waals surface area contributed by atoms with Crippen LogP contribution in [-0.2, 0) is 0 Å². The minimum atomic E-state index is 0.0585. The Morgan fingerprint density at radius 1 is 1.00 bits per heavy atom. The molecule has 2 aromatic carbocycles. The molecule has 4 rings (SSSR count). The summed E-state index contributed by atoms with van der Waals surface area (Å²) in [4.78, 5) is 17.5. The normalized spacial score (nSPS) is 23.1. The highest BCUT2D eigenvalue weighted by Crippen LogP contribution is 2.33. The molecule has 2 aromatic rings. The summed E-state index contributed by atoms with van der Waals surface area (Å²) >= 11 is 12.4. The van der Waals surface area contributed by atoms with Crippen molar-refractivity contribution in [3.63, 3.8) is 0 Å². The van der Waals surface area contributed by atoms with Gasteiger partial charge in [0, 0.05) is 37.2 Å². The van der Waals surface area contributed by atoms with E-state index in [2.05, 4.69) is 17.0 Å². The quantitative estimate of drug-likeness (QED) is 0.704. The molecule has 1 amide bonds. The van der Waals surface area contributed by atoms with Crippen molar-refractivity contribution in [2.75, 3.05) is 26.2 Å². The second-order valence-electron chi connectivity index (χ2n) is 7.66. The summed E-state index contributed by atoms with van der Waals surface area (Å²) in [6.45, 7) is 5.46. The smallest absolute Gasteiger partial charge is 0.255 e. The van der Waals surface area contributed by atoms with Gasteiger partial charge in [-0.3, -0.25) is 9.69 Å². The van der Waals surface area contributed by atoms with Crippen molar-refractivity contribution in [1.82, 2.24) is 9.80 Å². The molecule has 2 fully saturated rings. The molecule has 0 spiro atoms. The monoisotopic (exact) mass is 402 g/mol. The Balaban J connectivity index is 1.42. The molecule has 0 aromatic heterocycles. The number of carbonyl (C=O) groups excluding carboxylic acids is 1. The molecule has 5 heteroatoms. The van der Waals surface area contributed by atoms with Crippen LogP contribution in [0.4, 0.5) is 0 Å². The van der Waals surface area contributed by atoms with Gasteiger partial charge in [-0.15, -0.1) is 0 Å². The van der Waals surface area contributed by atoms with Crippen LogP contribution >= 0.6 is 23.2 Å². The lowest BCUT2D eigenvalue weighted by atomic mass is 9.86. The van der Waals surface area contributed by atoms with Gasteiger partial charge in [0.05, 0.1) is 10.6 Å². The van der Waals surface area contributed by atoms with E-state index < -0.39 is 0 Å². The van der Waals surface area contributed by atoms with Gasteiger partial charge in [-0.1, -0.05) is 47.5 Å². The number of piperidine rings is 1. The molecule has 2 heterocycles. The molecule has 0 radical (unpaired) electrons. The van der Waals surface area contributed by atoms with Gasteiger partial charge in [-0.25, -0.2) is 0 Å². The molecule has 3 nitrogen and oxygen atoms in total. The highest BCUT2D eigenvalue weighted by molar-refractivity contribution is 6.34. The van der Waals surface area contributed by atoms with Crippen LogP contribution in [0.3, 0.4) is 0 Å². The molecule has 0 unspecified atom stereocenters. The number of rotatable bonds is 2. The van der Waals surface area contributed by atoms with Gasteiger partial charge in [0.2, 0.25) is 0 Å². The summed E-state index contributed by atoms with van der Waals surface area (Å²) in [5.74, 6) is 0.607. The zero-order valence-electron chi connectivity index (χ0n) is 15.5. The minimum absolute atomic E-state index is 0.0585. The van der Waals surface area contributed by atoms with Crippen LogP contribution < -0.4 is 0 Å². The number of halogens is 2. The third kappa shape index (κ3) is 3.87. The average molecular weight is 403 g/mol. The topological polar surface area (TPSA) is 23.6 Å². The lowest BCUT2D eigenvalue weighted by molar-refractivity contribution is 0.0329. The Morgan fingerprint density at radius 2 is 1.78 bits per heavy atom. The van der Waals surface area contributed by atoms with Gasteiger partial charge in [0.15, 0.2) is 0 Å². The second-order valence-corrected chi connectivity index (χ2v) is 8.48. The largest absolute Gasteiger partial charge is 0.336 e. The number of aryl methyl sites for hydroxylation is 1. The minimum Gasteiger partial charge on any atom is -0.336 e. The number of carbonyl (C=O) groups is 1. The van der Waals surface area contributed by atoms with E-state index in [1.807, 2.05) is 42.2 Å². The van der Waals surface area contributed by atoms with Crippen LogP contribution in [0.5, 0.6) is 0 Å². The fourth-order valence-corrected chi connectivity index (χ4v) is 4.68. The Morgan fingerprint density at radius 3 is 2.56 bits per heavy atom. The predicted molar refractivity (Wildman–Crippen MR) is 111 cm³/mol. The summed E-state index contributed by atoms with van der Waals surface area (Å²) in [6, 6.07) is 14.4. The van der Waals surface area contributed by atoms with Crippen molar-refractivity contribution >= 4 is 29.1 Å². The van der Waals surface area contributed by atoms with Crippen molar-refractivity contribution in [3.8, 4) is 0 Å². The van der Waals surface area contributed by atoms with Crippen LogP contribution in [-0.4, -0.2) is 47.9 Å². The molecular weight excluding hydrogens is 379 g/mol. The lowest BCUT2D eigenvalue weighted by Gasteiger charge is -2.46. The molecular formula is C22H24Cl2N2O. The second kappa shape index (κ2) is 7.83. The summed E-state index contributed by atoms with van der Waals surface area (Å²) in [6.07, 6.45) is 2.26. The number of amides is 1. The van der Waals surface area contributed by atoms with Crippen LogP contribution in [0.25, 0.3) is 0 Å². The van der Waals surface area contributed by atoms with E-state index in [0.29, 0.717) is 22.5 Å². The fraction of sp³-hybridized carbons (Fsp3) is 0.409. The maximum absolute atomic E-state index is 13.0. The molecule has 0 aliphatic carbocycles. The van der Waals surface area contributed by atoms with E-state index >= 15 is 0 Å². The van der Waals surface area contributed by atoms with Gasteiger partial charge < -0.3 is 4.90 Å². The Hall–Kier alpha value is -1.55. The van der Waals surface area contributed by atoms with Gasteiger partial charge in [-0.05, 0) is 55.0 Å². The van der Waals surface area contributed by atoms with Gasteiger partial charge >= 0.3 is 0 Å². The first-order valence-electron chi connectivity index (χ1n) is 9.57. The Kier molecular flexibility index (Phi) is 5.45. The van der Waals surface area contributed by atoms with Crippen molar-refractivity contribution < 1.29 is 4.79 Å². The van der Waals surface area contributed by atoms with E-state index in [4.69, 9.17) is 23.2 Å². The molecule has 2 atom stereocenters. The number of piperazine rings is 1. The molecule has 0 N–H and O–H groups in total. The van der Waals surface area contributed by atoms with E-state index in [0.717, 1.165) is 49.6 Å². The summed E-state index contributed by atoms with van der Waals surface area (Å²) in [7, 11) is 0. The maximum Gasteiger partial charge on any atom is 0.255 e. The Bertz CT molecular complexity index is 837. The molecule has 142 valence electrons. The standard InChI is InChI=1S/C22H24Cl2N2O/c1-15-3-2-4-20(21(15)24)22(27)26-12-11-25-13-17(7-10-19(25)14-26)16-5-8-18(23)9-6-16/h2-6,8-9,17,19H,7,10-14H2,1H3/t17-,19+/m0/s1. The zero-order chi connectivity index (χ0) is 19.0. The summed E-state index contributed by atoms with van der Waals surface area (Å²) < 4.78 is 0. The SMILES string of the molecule is Cc1cccc(C(=O)N2CCN3C[C@@H](c4ccc(Cl)cc4)CC[C@@H]3C2)c1Cl. The van der Waals surface area contributed by atoms with Gasteiger partial charge in [0.25, 0.3) is 5.91 Å². The first kappa shape index (κ1) is 18.8. The number of hydrogen-bond donors (Lipinski definition) is 0. The third-order valence-corrected chi connectivity index (χ3v) is 6.71. The van der Waals surface area contributed by atoms with Crippen molar-refractivity contribution in [2.45, 2.75) is 31.7 Å². The first-order chi connectivity index (χ1) is 13.0. The van der Waals surface area contributed by atoms with Crippen LogP contribution in [0.2, 0.25) is 10.0 Å². The molecule has 0 bridgehead atoms. The predicted octanol–water partition coefficient (Wildman–Crippen LogP) is 5.01. The number of fused-ring (bicyclic) bond motifs is 1. The zero-order valence-corrected chi connectivity index (χ0v) is 17.0. The Labute approximate surface area is 170 Å². The van der Waals surface area contributed by atoms with E-state index in [1.165, 1.54) is 5.56 Å². The lowest BCUT2D eigenvalue weighted by Crippen LogP contribution is -2.57. The van der Waals surface area contributed by atoms with E-state index in [9.17, 15) is 4.79 Å². The highest BCUT2D eigenvalue weighted by atomic mass is 35.5. The van der Waals surface area contributed by atoms with E-state index in [1.54, 1.807) is 0 Å². The van der Waals surface area contributed by atoms with Gasteiger partial charge in [-0.2, -0.15) is 0 Å². The molecule has 2 aliphatic heterocycles. The first-order valence-corrected chi connectivity index (χ1v) is 10.3. The van der Waals surface area contributed by atoms with Crippen molar-refractivity contribution in [2.24, 2.45) is 0 Å². The molecule has 2 saturated heterocycles. The molecule has 2 aliphatic rings. The van der Waals surface area contributed by atoms with Crippen LogP contribution in [0.1, 0.15) is 40.2 Å². The maximum atomic E-state index is 13.0. The fourth-order valence-electron chi connectivity index (χ4n) is 4.35. The van der Waals surface area contributed by atoms with E-state index in [-0.39, 0.29) is 5.91 Å². The number of nitrogens with zero attached hydrogens (tertiary/aromatic N) is 2. The summed E-state index contributed by atoms with van der Waals surface area (Å²) in [5.41, 5.74) is 2.94. The number of benzene rings is 2. The molecule has 0 saturated carbocycles.